The first-order chi connectivity index (χ1) is 5.09. The highest BCUT2D eigenvalue weighted by atomic mass is 16.3. The average molecular weight is 152 g/mol. The second-order valence-electron chi connectivity index (χ2n) is 2.94. The van der Waals surface area contributed by atoms with Gasteiger partial charge in [0.1, 0.15) is 11.5 Å². The van der Waals surface area contributed by atoms with Crippen LogP contribution in [0.1, 0.15) is 25.3 Å². The fraction of sp³-hybridized carbons (Fsp3) is 0.333. The van der Waals surface area contributed by atoms with Crippen LogP contribution < -0.4 is 0 Å². The minimum absolute atomic E-state index is 0.119. The van der Waals surface area contributed by atoms with E-state index < -0.39 is 0 Å². The van der Waals surface area contributed by atoms with Crippen molar-refractivity contribution in [1.82, 2.24) is 0 Å². The van der Waals surface area contributed by atoms with Gasteiger partial charge in [0, 0.05) is 6.07 Å². The fourth-order valence-electron chi connectivity index (χ4n) is 0.951. The van der Waals surface area contributed by atoms with Crippen molar-refractivity contribution in [1.29, 1.82) is 0 Å². The second-order valence-corrected chi connectivity index (χ2v) is 2.94. The zero-order valence-corrected chi connectivity index (χ0v) is 6.70. The van der Waals surface area contributed by atoms with Gasteiger partial charge in [0.15, 0.2) is 0 Å². The number of rotatable bonds is 1. The van der Waals surface area contributed by atoms with Crippen LogP contribution in [0.2, 0.25) is 0 Å². The average Bonchev–Trinajstić information content (AvgIpc) is 1.85. The molecule has 1 aromatic rings. The van der Waals surface area contributed by atoms with Crippen molar-refractivity contribution in [2.45, 2.75) is 19.8 Å². The predicted molar refractivity (Wildman–Crippen MR) is 43.9 cm³/mol. The van der Waals surface area contributed by atoms with Crippen LogP contribution >= 0.6 is 0 Å². The van der Waals surface area contributed by atoms with Crippen molar-refractivity contribution >= 4 is 0 Å². The maximum absolute atomic E-state index is 9.08. The monoisotopic (exact) mass is 152 g/mol. The summed E-state index contributed by atoms with van der Waals surface area (Å²) in [4.78, 5) is 0. The van der Waals surface area contributed by atoms with Crippen LogP contribution in [0.5, 0.6) is 11.5 Å². The molecule has 11 heavy (non-hydrogen) atoms. The van der Waals surface area contributed by atoms with E-state index in [0.29, 0.717) is 5.92 Å². The van der Waals surface area contributed by atoms with Crippen molar-refractivity contribution < 1.29 is 10.2 Å². The maximum atomic E-state index is 9.08. The predicted octanol–water partition coefficient (Wildman–Crippen LogP) is 2.22. The van der Waals surface area contributed by atoms with Crippen LogP contribution in [0.15, 0.2) is 18.2 Å². The highest BCUT2D eigenvalue weighted by Gasteiger charge is 2.01. The molecule has 0 aliphatic carbocycles. The van der Waals surface area contributed by atoms with E-state index in [9.17, 15) is 0 Å². The van der Waals surface area contributed by atoms with Crippen molar-refractivity contribution in [3.05, 3.63) is 23.8 Å². The highest BCUT2D eigenvalue weighted by Crippen LogP contribution is 2.25. The molecule has 0 unspecified atom stereocenters. The van der Waals surface area contributed by atoms with E-state index in [1.54, 1.807) is 12.1 Å². The smallest absolute Gasteiger partial charge is 0.119 e. The molecule has 0 fully saturated rings. The van der Waals surface area contributed by atoms with Crippen LogP contribution in [-0.4, -0.2) is 10.2 Å². The van der Waals surface area contributed by atoms with Gasteiger partial charge < -0.3 is 10.2 Å². The minimum Gasteiger partial charge on any atom is -0.508 e. The van der Waals surface area contributed by atoms with E-state index in [1.165, 1.54) is 6.07 Å². The first-order valence-corrected chi connectivity index (χ1v) is 3.62. The van der Waals surface area contributed by atoms with Gasteiger partial charge in [-0.2, -0.15) is 0 Å². The second kappa shape index (κ2) is 2.82. The van der Waals surface area contributed by atoms with E-state index in [1.807, 2.05) is 13.8 Å². The maximum Gasteiger partial charge on any atom is 0.119 e. The number of hydrogen-bond donors (Lipinski definition) is 2. The summed E-state index contributed by atoms with van der Waals surface area (Å²) < 4.78 is 0. The molecule has 0 saturated heterocycles. The van der Waals surface area contributed by atoms with E-state index in [-0.39, 0.29) is 11.5 Å². The van der Waals surface area contributed by atoms with Crippen LogP contribution in [0.25, 0.3) is 0 Å². The van der Waals surface area contributed by atoms with Gasteiger partial charge in [-0.25, -0.2) is 0 Å². The Kier molecular flexibility index (Phi) is 2.03. The topological polar surface area (TPSA) is 40.5 Å². The van der Waals surface area contributed by atoms with Gasteiger partial charge >= 0.3 is 0 Å². The Balaban J connectivity index is 3.08. The fourth-order valence-corrected chi connectivity index (χ4v) is 0.951. The zero-order valence-electron chi connectivity index (χ0n) is 6.70. The molecule has 60 valence electrons. The SMILES string of the molecule is CC(C)c1cc(O)cc(O)c1. The molecule has 0 heterocycles. The summed E-state index contributed by atoms with van der Waals surface area (Å²) in [6.45, 7) is 4.02. The molecule has 0 atom stereocenters. The van der Waals surface area contributed by atoms with Crippen LogP contribution in [-0.2, 0) is 0 Å². The molecule has 0 aliphatic rings. The van der Waals surface area contributed by atoms with E-state index in [0.717, 1.165) is 5.56 Å². The highest BCUT2D eigenvalue weighted by molar-refractivity contribution is 5.37. The number of phenols is 2. The molecule has 0 aromatic heterocycles. The van der Waals surface area contributed by atoms with Gasteiger partial charge in [-0.3, -0.25) is 0 Å². The van der Waals surface area contributed by atoms with Crippen LogP contribution in [0.4, 0.5) is 0 Å². The summed E-state index contributed by atoms with van der Waals surface area (Å²) >= 11 is 0. The standard InChI is InChI=1S/C9H12O2/c1-6(2)7-3-8(10)5-9(11)4-7/h3-6,10-11H,1-2H3. The Bertz CT molecular complexity index is 233. The third-order valence-electron chi connectivity index (χ3n) is 1.59. The van der Waals surface area contributed by atoms with Crippen molar-refractivity contribution in [3.8, 4) is 11.5 Å². The summed E-state index contributed by atoms with van der Waals surface area (Å²) in [7, 11) is 0. The Morgan fingerprint density at radius 3 is 1.82 bits per heavy atom. The lowest BCUT2D eigenvalue weighted by molar-refractivity contribution is 0.448. The summed E-state index contributed by atoms with van der Waals surface area (Å²) in [6.07, 6.45) is 0. The molecule has 0 radical (unpaired) electrons. The van der Waals surface area contributed by atoms with Gasteiger partial charge in [-0.1, -0.05) is 13.8 Å². The molecule has 2 nitrogen and oxygen atoms in total. The Morgan fingerprint density at radius 1 is 1.00 bits per heavy atom. The third kappa shape index (κ3) is 1.87. The summed E-state index contributed by atoms with van der Waals surface area (Å²) in [5.74, 6) is 0.565. The quantitative estimate of drug-likeness (QED) is 0.647. The van der Waals surface area contributed by atoms with Gasteiger partial charge in [0.25, 0.3) is 0 Å². The van der Waals surface area contributed by atoms with Crippen molar-refractivity contribution in [2.24, 2.45) is 0 Å². The first kappa shape index (κ1) is 7.92. The minimum atomic E-state index is 0.119. The van der Waals surface area contributed by atoms with Crippen LogP contribution in [0, 0.1) is 0 Å². The lowest BCUT2D eigenvalue weighted by Crippen LogP contribution is -1.85. The van der Waals surface area contributed by atoms with Gasteiger partial charge in [0.2, 0.25) is 0 Å². The Hall–Kier alpha value is -1.18. The number of benzene rings is 1. The van der Waals surface area contributed by atoms with Crippen molar-refractivity contribution in [2.75, 3.05) is 0 Å². The molecule has 2 N–H and O–H groups in total. The Labute approximate surface area is 66.1 Å². The molecule has 1 aromatic carbocycles. The molecular weight excluding hydrogens is 140 g/mol. The molecule has 0 saturated carbocycles. The van der Waals surface area contributed by atoms with Gasteiger partial charge in [0.05, 0.1) is 0 Å². The van der Waals surface area contributed by atoms with Gasteiger partial charge in [-0.05, 0) is 23.6 Å². The Morgan fingerprint density at radius 2 is 1.45 bits per heavy atom. The molecular formula is C9H12O2. The number of aromatic hydroxyl groups is 2. The van der Waals surface area contributed by atoms with E-state index in [2.05, 4.69) is 0 Å². The lowest BCUT2D eigenvalue weighted by Gasteiger charge is -2.05. The van der Waals surface area contributed by atoms with Crippen LogP contribution in [0.3, 0.4) is 0 Å². The number of hydrogen-bond acceptors (Lipinski definition) is 2. The zero-order chi connectivity index (χ0) is 8.43. The third-order valence-corrected chi connectivity index (χ3v) is 1.59. The van der Waals surface area contributed by atoms with E-state index >= 15 is 0 Å². The summed E-state index contributed by atoms with van der Waals surface area (Å²) in [6, 6.07) is 4.64. The summed E-state index contributed by atoms with van der Waals surface area (Å²) in [5, 5.41) is 18.2. The van der Waals surface area contributed by atoms with Gasteiger partial charge in [-0.15, -0.1) is 0 Å². The molecule has 2 heteroatoms. The first-order valence-electron chi connectivity index (χ1n) is 3.62. The molecule has 1 rings (SSSR count). The molecule has 0 aliphatic heterocycles. The lowest BCUT2D eigenvalue weighted by atomic mass is 10.0. The number of phenolic OH excluding ortho intramolecular Hbond substituents is 2. The normalized spacial score (nSPS) is 10.5. The van der Waals surface area contributed by atoms with E-state index in [4.69, 9.17) is 10.2 Å². The van der Waals surface area contributed by atoms with Crippen molar-refractivity contribution in [3.63, 3.8) is 0 Å². The molecule has 0 amide bonds. The summed E-state index contributed by atoms with van der Waals surface area (Å²) in [5.41, 5.74) is 0.947. The molecule has 0 bridgehead atoms. The largest absolute Gasteiger partial charge is 0.508 e. The molecule has 0 spiro atoms.